The van der Waals surface area contributed by atoms with E-state index in [4.69, 9.17) is 60.5 Å². The fourth-order valence-corrected chi connectivity index (χ4v) is 2.44. The van der Waals surface area contributed by atoms with Crippen LogP contribution >= 0.6 is 0 Å². The van der Waals surface area contributed by atoms with Gasteiger partial charge in [0.15, 0.2) is 11.8 Å². The van der Waals surface area contributed by atoms with Crippen molar-refractivity contribution in [3.05, 3.63) is 24.3 Å². The van der Waals surface area contributed by atoms with Crippen LogP contribution < -0.4 is 0 Å². The fourth-order valence-electron chi connectivity index (χ4n) is 2.44. The predicted molar refractivity (Wildman–Crippen MR) is 141 cm³/mol. The molecule has 18 nitrogen and oxygen atoms in total. The molecule has 0 aromatic heterocycles. The van der Waals surface area contributed by atoms with E-state index in [0.29, 0.717) is 0 Å². The second-order valence-corrected chi connectivity index (χ2v) is 9.17. The number of aliphatic carboxylic acids is 4. The Hall–Kier alpha value is -2.30. The topological polar surface area (TPSA) is 323 Å². The number of carbonyl (C=O) groups excluding carboxylic acids is 2. The molecular formula is C24H37KO18. The molecule has 0 amide bonds. The number of carbonyl (C=O) groups is 6. The summed E-state index contributed by atoms with van der Waals surface area (Å²) in [5, 5.41) is 88.9. The van der Waals surface area contributed by atoms with Gasteiger partial charge in [0.2, 0.25) is 0 Å². The minimum absolute atomic E-state index is 0. The predicted octanol–water partition coefficient (Wildman–Crippen LogP) is -4.20. The quantitative estimate of drug-likeness (QED) is 0.0258. The average Bonchev–Trinajstić information content (AvgIpc) is 2.95. The van der Waals surface area contributed by atoms with E-state index >= 15 is 0 Å². The first-order chi connectivity index (χ1) is 19.4. The van der Waals surface area contributed by atoms with E-state index in [9.17, 15) is 28.8 Å². The summed E-state index contributed by atoms with van der Waals surface area (Å²) in [5.74, 6) is -12.3. The van der Waals surface area contributed by atoms with Gasteiger partial charge < -0.3 is 60.5 Å². The van der Waals surface area contributed by atoms with Gasteiger partial charge in [0.25, 0.3) is 0 Å². The van der Waals surface area contributed by atoms with Crippen LogP contribution in [0.5, 0.6) is 0 Å². The molecule has 0 aliphatic rings. The summed E-state index contributed by atoms with van der Waals surface area (Å²) in [5.41, 5.74) is -3.64. The van der Waals surface area contributed by atoms with Crippen LogP contribution in [-0.2, 0) is 38.2 Å². The molecule has 0 saturated carbocycles. The summed E-state index contributed by atoms with van der Waals surface area (Å²) in [6, 6.07) is 0. The van der Waals surface area contributed by atoms with Crippen molar-refractivity contribution < 1.29 is 89.3 Å². The summed E-state index contributed by atoms with van der Waals surface area (Å²) in [4.78, 5) is 65.9. The average molecular weight is 653 g/mol. The number of rotatable bonds is 20. The van der Waals surface area contributed by atoms with Crippen LogP contribution in [0.15, 0.2) is 24.3 Å². The Labute approximate surface area is 287 Å². The van der Waals surface area contributed by atoms with E-state index < -0.39 is 124 Å². The maximum atomic E-state index is 11.6. The minimum atomic E-state index is -1.83. The van der Waals surface area contributed by atoms with Gasteiger partial charge in [0, 0.05) is 24.0 Å². The van der Waals surface area contributed by atoms with Crippen LogP contribution in [0.25, 0.3) is 0 Å². The second-order valence-electron chi connectivity index (χ2n) is 9.17. The molecule has 19 heteroatoms. The zero-order chi connectivity index (χ0) is 33.3. The van der Waals surface area contributed by atoms with E-state index in [1.807, 2.05) is 0 Å². The Kier molecular flexibility index (Phi) is 23.3. The van der Waals surface area contributed by atoms with Crippen molar-refractivity contribution in [3.63, 3.8) is 0 Å². The number of hydrogen-bond donors (Lipinski definition) is 10. The molecule has 0 bridgehead atoms. The van der Waals surface area contributed by atoms with E-state index in [2.05, 4.69) is 13.2 Å². The van der Waals surface area contributed by atoms with E-state index in [1.165, 1.54) is 0 Å². The molecule has 0 heterocycles. The van der Waals surface area contributed by atoms with Gasteiger partial charge in [-0.15, -0.1) is 0 Å². The van der Waals surface area contributed by atoms with Gasteiger partial charge in [0.05, 0.1) is 50.5 Å². The number of ether oxygens (including phenoxy) is 2. The molecule has 242 valence electrons. The molecule has 0 aliphatic carbocycles. The summed E-state index contributed by atoms with van der Waals surface area (Å²) in [6.07, 6.45) is -1.29. The molecule has 0 saturated heterocycles. The zero-order valence-electron chi connectivity index (χ0n) is 22.4. The third-order valence-corrected chi connectivity index (χ3v) is 5.70. The number of carboxylic acid groups (broad SMARTS) is 4. The zero-order valence-corrected chi connectivity index (χ0v) is 22.4. The van der Waals surface area contributed by atoms with E-state index in [1.54, 1.807) is 0 Å². The molecule has 0 aromatic rings. The van der Waals surface area contributed by atoms with Crippen molar-refractivity contribution in [2.45, 2.75) is 12.8 Å². The van der Waals surface area contributed by atoms with Crippen LogP contribution in [0, 0.1) is 22.7 Å². The molecule has 43 heavy (non-hydrogen) atoms. The Balaban J connectivity index is -0.000000727. The van der Waals surface area contributed by atoms with Gasteiger partial charge in [-0.05, 0) is 0 Å². The van der Waals surface area contributed by atoms with Crippen LogP contribution in [0.2, 0.25) is 0 Å². The van der Waals surface area contributed by atoms with Crippen LogP contribution in [0.4, 0.5) is 0 Å². The van der Waals surface area contributed by atoms with Crippen molar-refractivity contribution >= 4 is 87.2 Å². The molecule has 0 unspecified atom stereocenters. The molecule has 0 aromatic carbocycles. The van der Waals surface area contributed by atoms with Crippen molar-refractivity contribution in [1.29, 1.82) is 0 Å². The van der Waals surface area contributed by atoms with Gasteiger partial charge in [-0.1, -0.05) is 13.2 Å². The Morgan fingerprint density at radius 3 is 0.884 bits per heavy atom. The van der Waals surface area contributed by atoms with Crippen LogP contribution in [-0.4, -0.2) is 191 Å². The molecule has 0 aliphatic heterocycles. The third kappa shape index (κ3) is 15.8. The molecule has 0 fully saturated rings. The molecule has 10 N–H and O–H groups in total. The van der Waals surface area contributed by atoms with Crippen molar-refractivity contribution in [3.8, 4) is 0 Å². The fraction of sp³-hybridized carbons (Fsp3) is 0.583. The molecule has 0 rings (SSSR count). The molecule has 0 radical (unpaired) electrons. The van der Waals surface area contributed by atoms with Crippen molar-refractivity contribution in [2.24, 2.45) is 22.7 Å². The standard InChI is InChI=1S/2C12H18O9.K.H/c2*1-7(2-8(9(16)17)10(18)19)11(20)21-6-12(3-13,4-14)5-15;;/h2*8,13-15H,1-6H2,(H,16,17)(H,18,19);;. The number of carboxylic acids is 4. The third-order valence-electron chi connectivity index (χ3n) is 5.70. The first-order valence-electron chi connectivity index (χ1n) is 11.7. The van der Waals surface area contributed by atoms with Gasteiger partial charge in [-0.2, -0.15) is 0 Å². The summed E-state index contributed by atoms with van der Waals surface area (Å²) in [6.45, 7) is 1.56. The van der Waals surface area contributed by atoms with Gasteiger partial charge in [-0.25, -0.2) is 9.59 Å². The van der Waals surface area contributed by atoms with Crippen molar-refractivity contribution in [2.75, 3.05) is 52.9 Å². The SMILES string of the molecule is C=C(CC(C(=O)O)C(=O)O)C(=O)OCC(CO)(CO)CO.C=C(CC(C(=O)O)C(=O)O)C(=O)OCC(CO)(CO)CO.[KH]. The van der Waals surface area contributed by atoms with Gasteiger partial charge in [-0.3, -0.25) is 19.2 Å². The van der Waals surface area contributed by atoms with E-state index in [0.717, 1.165) is 0 Å². The monoisotopic (exact) mass is 652 g/mol. The Bertz CT molecular complexity index is 862. The molecular weight excluding hydrogens is 615 g/mol. The van der Waals surface area contributed by atoms with Gasteiger partial charge >= 0.3 is 87.2 Å². The molecule has 0 spiro atoms. The maximum absolute atomic E-state index is 11.6. The van der Waals surface area contributed by atoms with E-state index in [-0.39, 0.29) is 62.5 Å². The van der Waals surface area contributed by atoms with Crippen LogP contribution in [0.3, 0.4) is 0 Å². The normalized spacial score (nSPS) is 11.0. The summed E-state index contributed by atoms with van der Waals surface area (Å²) >= 11 is 0. The Morgan fingerprint density at radius 1 is 0.512 bits per heavy atom. The van der Waals surface area contributed by atoms with Crippen molar-refractivity contribution in [1.82, 2.24) is 0 Å². The number of aliphatic hydroxyl groups excluding tert-OH is 6. The Morgan fingerprint density at radius 2 is 0.721 bits per heavy atom. The summed E-state index contributed by atoms with van der Waals surface area (Å²) in [7, 11) is 0. The first-order valence-corrected chi connectivity index (χ1v) is 11.7. The molecule has 0 atom stereocenters. The second kappa shape index (κ2) is 22.2. The first kappa shape index (κ1) is 45.1. The van der Waals surface area contributed by atoms with Crippen LogP contribution in [0.1, 0.15) is 12.8 Å². The van der Waals surface area contributed by atoms with Gasteiger partial charge in [0.1, 0.15) is 13.2 Å². The summed E-state index contributed by atoms with van der Waals surface area (Å²) < 4.78 is 9.40. The number of hydrogen-bond acceptors (Lipinski definition) is 14. The number of esters is 2. The number of aliphatic hydroxyl groups is 6.